The molecule has 1 aromatic carbocycles. The van der Waals surface area contributed by atoms with Crippen LogP contribution in [0.15, 0.2) is 18.2 Å². The molecule has 3 nitrogen and oxygen atoms in total. The van der Waals surface area contributed by atoms with Crippen molar-refractivity contribution < 1.29 is 4.74 Å². The van der Waals surface area contributed by atoms with E-state index in [0.29, 0.717) is 11.6 Å². The van der Waals surface area contributed by atoms with Gasteiger partial charge in [0.25, 0.3) is 0 Å². The Kier molecular flexibility index (Phi) is 5.06. The second-order valence-electron chi connectivity index (χ2n) is 4.08. The van der Waals surface area contributed by atoms with E-state index in [1.807, 2.05) is 32.3 Å². The fourth-order valence-corrected chi connectivity index (χ4v) is 1.95. The van der Waals surface area contributed by atoms with Crippen LogP contribution in [0.2, 0.25) is 5.02 Å². The second kappa shape index (κ2) is 6.09. The number of rotatable bonds is 5. The van der Waals surface area contributed by atoms with Crippen LogP contribution in [-0.4, -0.2) is 39.2 Å². The molecular formula is C12H19ClN2O. The first-order valence-electron chi connectivity index (χ1n) is 5.26. The zero-order chi connectivity index (χ0) is 12.1. The number of hydrogen-bond acceptors (Lipinski definition) is 3. The molecule has 90 valence electrons. The van der Waals surface area contributed by atoms with E-state index in [2.05, 4.69) is 4.90 Å². The lowest BCUT2D eigenvalue weighted by atomic mass is 9.98. The predicted molar refractivity (Wildman–Crippen MR) is 68.4 cm³/mol. The molecule has 0 radical (unpaired) electrons. The first-order valence-corrected chi connectivity index (χ1v) is 5.64. The minimum Gasteiger partial charge on any atom is -0.496 e. The van der Waals surface area contributed by atoms with Crippen molar-refractivity contribution in [2.24, 2.45) is 5.73 Å². The molecule has 4 heteroatoms. The van der Waals surface area contributed by atoms with E-state index < -0.39 is 0 Å². The molecule has 0 spiro atoms. The molecule has 0 aliphatic rings. The number of benzene rings is 1. The van der Waals surface area contributed by atoms with Gasteiger partial charge in [-0.2, -0.15) is 0 Å². The van der Waals surface area contributed by atoms with Gasteiger partial charge in [-0.15, -0.1) is 0 Å². The molecule has 1 unspecified atom stereocenters. The Morgan fingerprint density at radius 3 is 2.62 bits per heavy atom. The summed E-state index contributed by atoms with van der Waals surface area (Å²) >= 11 is 6.00. The molecule has 1 aromatic rings. The molecule has 0 aromatic heterocycles. The van der Waals surface area contributed by atoms with Gasteiger partial charge in [0, 0.05) is 29.6 Å². The van der Waals surface area contributed by atoms with E-state index in [-0.39, 0.29) is 5.92 Å². The third kappa shape index (κ3) is 3.37. The molecule has 0 amide bonds. The molecule has 0 heterocycles. The minimum atomic E-state index is 0.239. The molecule has 0 saturated carbocycles. The van der Waals surface area contributed by atoms with E-state index in [4.69, 9.17) is 22.1 Å². The van der Waals surface area contributed by atoms with E-state index in [0.717, 1.165) is 17.9 Å². The molecule has 0 saturated heterocycles. The van der Waals surface area contributed by atoms with E-state index >= 15 is 0 Å². The lowest BCUT2D eigenvalue weighted by molar-refractivity contribution is 0.361. The summed E-state index contributed by atoms with van der Waals surface area (Å²) in [5, 5.41) is 0.716. The maximum Gasteiger partial charge on any atom is 0.122 e. The van der Waals surface area contributed by atoms with Gasteiger partial charge in [0.15, 0.2) is 0 Å². The summed E-state index contributed by atoms with van der Waals surface area (Å²) in [4.78, 5) is 2.11. The summed E-state index contributed by atoms with van der Waals surface area (Å²) < 4.78 is 5.33. The zero-order valence-corrected chi connectivity index (χ0v) is 10.8. The highest BCUT2D eigenvalue weighted by molar-refractivity contribution is 6.30. The van der Waals surface area contributed by atoms with Crippen molar-refractivity contribution in [3.8, 4) is 5.75 Å². The maximum absolute atomic E-state index is 6.00. The van der Waals surface area contributed by atoms with E-state index in [1.54, 1.807) is 7.11 Å². The number of nitrogens with two attached hydrogens (primary N) is 1. The molecular weight excluding hydrogens is 224 g/mol. The average Bonchev–Trinajstić information content (AvgIpc) is 2.25. The molecule has 0 aliphatic heterocycles. The van der Waals surface area contributed by atoms with Crippen molar-refractivity contribution >= 4 is 11.6 Å². The van der Waals surface area contributed by atoms with Crippen molar-refractivity contribution in [1.29, 1.82) is 0 Å². The summed E-state index contributed by atoms with van der Waals surface area (Å²) in [5.74, 6) is 1.09. The Morgan fingerprint density at radius 2 is 2.12 bits per heavy atom. The Hall–Kier alpha value is -0.770. The summed E-state index contributed by atoms with van der Waals surface area (Å²) in [6.07, 6.45) is 0. The Balaban J connectivity index is 3.02. The van der Waals surface area contributed by atoms with Gasteiger partial charge in [-0.1, -0.05) is 11.6 Å². The second-order valence-corrected chi connectivity index (χ2v) is 4.52. The largest absolute Gasteiger partial charge is 0.496 e. The molecule has 2 N–H and O–H groups in total. The quantitative estimate of drug-likeness (QED) is 0.858. The number of methoxy groups -OCH3 is 1. The van der Waals surface area contributed by atoms with Gasteiger partial charge >= 0.3 is 0 Å². The average molecular weight is 243 g/mol. The predicted octanol–water partition coefficient (Wildman–Crippen LogP) is 1.95. The number of likely N-dealkylation sites (N-methyl/N-ethyl adjacent to an activating group) is 1. The Bertz CT molecular complexity index is 342. The van der Waals surface area contributed by atoms with Crippen molar-refractivity contribution in [3.63, 3.8) is 0 Å². The fourth-order valence-electron chi connectivity index (χ4n) is 1.76. The molecule has 1 atom stereocenters. The normalized spacial score (nSPS) is 12.9. The van der Waals surface area contributed by atoms with Gasteiger partial charge in [-0.25, -0.2) is 0 Å². The Morgan fingerprint density at radius 1 is 1.44 bits per heavy atom. The van der Waals surface area contributed by atoms with Crippen LogP contribution in [0, 0.1) is 0 Å². The Labute approximate surface area is 102 Å². The van der Waals surface area contributed by atoms with Gasteiger partial charge in [0.05, 0.1) is 7.11 Å². The van der Waals surface area contributed by atoms with Gasteiger partial charge in [-0.3, -0.25) is 0 Å². The van der Waals surface area contributed by atoms with E-state index in [9.17, 15) is 0 Å². The van der Waals surface area contributed by atoms with Crippen molar-refractivity contribution in [1.82, 2.24) is 4.90 Å². The van der Waals surface area contributed by atoms with Crippen LogP contribution in [0.5, 0.6) is 5.75 Å². The number of hydrogen-bond donors (Lipinski definition) is 1. The van der Waals surface area contributed by atoms with Crippen molar-refractivity contribution in [3.05, 3.63) is 28.8 Å². The summed E-state index contributed by atoms with van der Waals surface area (Å²) in [5.41, 5.74) is 6.88. The molecule has 0 bridgehead atoms. The molecule has 0 aliphatic carbocycles. The zero-order valence-electron chi connectivity index (χ0n) is 10.0. The van der Waals surface area contributed by atoms with Crippen molar-refractivity contribution in [2.75, 3.05) is 34.3 Å². The summed E-state index contributed by atoms with van der Waals surface area (Å²) in [6, 6.07) is 5.64. The third-order valence-corrected chi connectivity index (χ3v) is 2.74. The smallest absolute Gasteiger partial charge is 0.122 e. The monoisotopic (exact) mass is 242 g/mol. The number of nitrogens with zero attached hydrogens (tertiary/aromatic N) is 1. The lowest BCUT2D eigenvalue weighted by Crippen LogP contribution is -2.26. The topological polar surface area (TPSA) is 38.5 Å². The van der Waals surface area contributed by atoms with Gasteiger partial charge in [0.1, 0.15) is 5.75 Å². The van der Waals surface area contributed by atoms with Crippen LogP contribution < -0.4 is 10.5 Å². The van der Waals surface area contributed by atoms with Gasteiger partial charge < -0.3 is 15.4 Å². The third-order valence-electron chi connectivity index (χ3n) is 2.50. The highest BCUT2D eigenvalue weighted by Crippen LogP contribution is 2.29. The number of halogens is 1. The highest BCUT2D eigenvalue weighted by atomic mass is 35.5. The number of ether oxygens (including phenoxy) is 1. The maximum atomic E-state index is 6.00. The first-order chi connectivity index (χ1) is 7.58. The fraction of sp³-hybridized carbons (Fsp3) is 0.500. The van der Waals surface area contributed by atoms with Crippen LogP contribution in [0.25, 0.3) is 0 Å². The van der Waals surface area contributed by atoms with Crippen LogP contribution in [-0.2, 0) is 0 Å². The van der Waals surface area contributed by atoms with Crippen LogP contribution in [0.3, 0.4) is 0 Å². The SMILES string of the molecule is COc1ccc(Cl)cc1C(CN)CN(C)C. The highest BCUT2D eigenvalue weighted by Gasteiger charge is 2.16. The minimum absolute atomic E-state index is 0.239. The molecule has 16 heavy (non-hydrogen) atoms. The summed E-state index contributed by atoms with van der Waals surface area (Å²) in [7, 11) is 5.72. The standard InChI is InChI=1S/C12H19ClN2O/c1-15(2)8-9(7-14)11-6-10(13)4-5-12(11)16-3/h4-6,9H,7-8,14H2,1-3H3. The lowest BCUT2D eigenvalue weighted by Gasteiger charge is -2.22. The van der Waals surface area contributed by atoms with Crippen LogP contribution in [0.4, 0.5) is 0 Å². The molecule has 0 fully saturated rings. The van der Waals surface area contributed by atoms with Crippen molar-refractivity contribution in [2.45, 2.75) is 5.92 Å². The van der Waals surface area contributed by atoms with Gasteiger partial charge in [-0.05, 0) is 32.3 Å². The van der Waals surface area contributed by atoms with Crippen LogP contribution >= 0.6 is 11.6 Å². The molecule has 1 rings (SSSR count). The first kappa shape index (κ1) is 13.3. The van der Waals surface area contributed by atoms with E-state index in [1.165, 1.54) is 0 Å². The van der Waals surface area contributed by atoms with Crippen LogP contribution in [0.1, 0.15) is 11.5 Å². The summed E-state index contributed by atoms with van der Waals surface area (Å²) in [6.45, 7) is 1.46. The van der Waals surface area contributed by atoms with Gasteiger partial charge in [0.2, 0.25) is 0 Å².